The standard InChI is InChI=1S/C29H24O10/c1-8-3-10-15(12(30)5-8)21(33)19-23(35)20-22(34)18-17(14(32)7-27(18,19)24(10)36)28-25(37)11-4-9(2)6-13(31)16(11)26(38)29(20,28)39-28/h3-6,14,17-18,20,22,26,30-34,38H,7H2,1-2H3/t14-,17?,18?,20+,22+,26+,27+,28+,29-/m0/s1. The molecule has 2 aromatic rings. The molecule has 10 heteroatoms. The number of carbonyl (C=O) groups excluding carboxylic acids is 3. The Morgan fingerprint density at radius 2 is 1.49 bits per heavy atom. The van der Waals surface area contributed by atoms with Crippen molar-refractivity contribution in [1.29, 1.82) is 0 Å². The van der Waals surface area contributed by atoms with E-state index in [4.69, 9.17) is 4.74 Å². The van der Waals surface area contributed by atoms with Crippen molar-refractivity contribution < 1.29 is 49.8 Å². The van der Waals surface area contributed by atoms with E-state index in [-0.39, 0.29) is 40.0 Å². The van der Waals surface area contributed by atoms with Crippen LogP contribution in [0.4, 0.5) is 0 Å². The summed E-state index contributed by atoms with van der Waals surface area (Å²) in [6, 6.07) is 5.66. The van der Waals surface area contributed by atoms with E-state index >= 15 is 0 Å². The molecule has 0 radical (unpaired) electrons. The van der Waals surface area contributed by atoms with Crippen LogP contribution in [-0.4, -0.2) is 71.4 Å². The van der Waals surface area contributed by atoms with E-state index in [1.54, 1.807) is 13.8 Å². The molecule has 8 rings (SSSR count). The number of epoxide rings is 1. The first-order valence-electron chi connectivity index (χ1n) is 12.9. The third kappa shape index (κ3) is 2.06. The smallest absolute Gasteiger partial charge is 0.198 e. The second-order valence-corrected chi connectivity index (χ2v) is 12.0. The van der Waals surface area contributed by atoms with Crippen LogP contribution in [0.2, 0.25) is 0 Å². The molecule has 6 N–H and O–H groups in total. The number of hydrogen-bond donors (Lipinski definition) is 6. The Bertz CT molecular complexity index is 1670. The molecule has 1 saturated heterocycles. The normalized spacial score (nSPS) is 42.4. The maximum absolute atomic E-state index is 14.3. The van der Waals surface area contributed by atoms with Gasteiger partial charge in [-0.15, -0.1) is 0 Å². The van der Waals surface area contributed by atoms with Crippen molar-refractivity contribution in [2.24, 2.45) is 23.2 Å². The summed E-state index contributed by atoms with van der Waals surface area (Å²) in [5.74, 6) is -7.64. The fourth-order valence-electron chi connectivity index (χ4n) is 9.20. The Morgan fingerprint density at radius 1 is 0.846 bits per heavy atom. The number of hydrogen-bond acceptors (Lipinski definition) is 10. The van der Waals surface area contributed by atoms with Crippen molar-refractivity contribution >= 4 is 23.1 Å². The number of phenolic OH excluding ortho intramolecular Hbond substituents is 2. The summed E-state index contributed by atoms with van der Waals surface area (Å²) in [6.07, 6.45) is -5.16. The number of Topliss-reactive ketones (excluding diaryl/α,β-unsaturated/α-hetero) is 3. The molecule has 9 atom stereocenters. The average Bonchev–Trinajstić information content (AvgIpc) is 3.45. The molecule has 200 valence electrons. The van der Waals surface area contributed by atoms with Crippen LogP contribution in [0.25, 0.3) is 5.76 Å². The Morgan fingerprint density at radius 3 is 2.18 bits per heavy atom. The Kier molecular flexibility index (Phi) is 3.84. The van der Waals surface area contributed by atoms with Gasteiger partial charge in [0.05, 0.1) is 34.7 Å². The number of benzene rings is 2. The largest absolute Gasteiger partial charge is 0.508 e. The third-order valence-corrected chi connectivity index (χ3v) is 10.3. The lowest BCUT2D eigenvalue weighted by atomic mass is 9.44. The van der Waals surface area contributed by atoms with Crippen LogP contribution in [0.15, 0.2) is 29.8 Å². The number of aliphatic hydroxyl groups excluding tert-OH is 4. The molecular formula is C29H24O10. The van der Waals surface area contributed by atoms with E-state index in [0.717, 1.165) is 0 Å². The zero-order chi connectivity index (χ0) is 27.7. The number of rotatable bonds is 0. The SMILES string of the molecule is Cc1cc(O)c2c(c1)C(=O)[C@]13C[C@H](O)C4C1[C@@H](O)[C@H](C(=O)C3=C2O)[C@@]12O[C@@]41C(=O)c1cc(C)cc(O)c1[C@H]2O. The van der Waals surface area contributed by atoms with E-state index in [1.165, 1.54) is 24.3 Å². The first-order valence-corrected chi connectivity index (χ1v) is 12.9. The van der Waals surface area contributed by atoms with Gasteiger partial charge >= 0.3 is 0 Å². The van der Waals surface area contributed by atoms with Gasteiger partial charge in [-0.3, -0.25) is 14.4 Å². The van der Waals surface area contributed by atoms with Gasteiger partial charge in [-0.1, -0.05) is 0 Å². The number of fused-ring (bicyclic) bond motifs is 3. The fourth-order valence-corrected chi connectivity index (χ4v) is 9.20. The zero-order valence-electron chi connectivity index (χ0n) is 20.8. The van der Waals surface area contributed by atoms with Crippen molar-refractivity contribution in [3.63, 3.8) is 0 Å². The van der Waals surface area contributed by atoms with Gasteiger partial charge in [0, 0.05) is 28.5 Å². The molecule has 0 aromatic heterocycles. The molecule has 0 amide bonds. The molecule has 2 aromatic carbocycles. The summed E-state index contributed by atoms with van der Waals surface area (Å²) in [6.45, 7) is 3.30. The van der Waals surface area contributed by atoms with Crippen LogP contribution in [0.3, 0.4) is 0 Å². The van der Waals surface area contributed by atoms with Crippen molar-refractivity contribution in [3.8, 4) is 11.5 Å². The second kappa shape index (κ2) is 6.42. The fraction of sp³-hybridized carbons (Fsp3) is 0.414. The number of phenols is 2. The highest BCUT2D eigenvalue weighted by Gasteiger charge is 2.95. The minimum absolute atomic E-state index is 0.0114. The molecule has 2 bridgehead atoms. The minimum atomic E-state index is -2.04. The van der Waals surface area contributed by atoms with Gasteiger partial charge in [-0.05, 0) is 55.7 Å². The van der Waals surface area contributed by atoms with Gasteiger partial charge in [-0.2, -0.15) is 0 Å². The monoisotopic (exact) mass is 532 g/mol. The van der Waals surface area contributed by atoms with Crippen molar-refractivity contribution in [2.75, 3.05) is 0 Å². The summed E-state index contributed by atoms with van der Waals surface area (Å²) in [7, 11) is 0. The molecule has 1 heterocycles. The molecular weight excluding hydrogens is 508 g/mol. The molecule has 3 saturated carbocycles. The highest BCUT2D eigenvalue weighted by molar-refractivity contribution is 6.22. The van der Waals surface area contributed by atoms with Crippen LogP contribution in [0, 0.1) is 37.0 Å². The van der Waals surface area contributed by atoms with Crippen molar-refractivity contribution in [3.05, 3.63) is 63.2 Å². The highest BCUT2D eigenvalue weighted by Crippen LogP contribution is 2.80. The lowest BCUT2D eigenvalue weighted by Gasteiger charge is -2.55. The number of aromatic hydroxyl groups is 2. The Balaban J connectivity index is 1.46. The van der Waals surface area contributed by atoms with Crippen LogP contribution in [0.5, 0.6) is 11.5 Å². The Labute approximate surface area is 220 Å². The molecule has 1 aliphatic heterocycles. The van der Waals surface area contributed by atoms with Crippen molar-refractivity contribution in [2.45, 2.75) is 49.8 Å². The van der Waals surface area contributed by atoms with E-state index < -0.39 is 81.5 Å². The van der Waals surface area contributed by atoms with Gasteiger partial charge in [0.2, 0.25) is 0 Å². The zero-order valence-corrected chi connectivity index (χ0v) is 20.8. The van der Waals surface area contributed by atoms with Gasteiger partial charge in [0.15, 0.2) is 23.0 Å². The number of ether oxygens (including phenoxy) is 1. The van der Waals surface area contributed by atoms with Gasteiger partial charge in [0.25, 0.3) is 0 Å². The maximum atomic E-state index is 14.3. The molecule has 1 spiro atoms. The van der Waals surface area contributed by atoms with Gasteiger partial charge in [-0.25, -0.2) is 0 Å². The highest BCUT2D eigenvalue weighted by atomic mass is 16.7. The molecule has 39 heavy (non-hydrogen) atoms. The number of ketones is 3. The van der Waals surface area contributed by atoms with Crippen LogP contribution < -0.4 is 0 Å². The van der Waals surface area contributed by atoms with E-state index in [2.05, 4.69) is 0 Å². The molecule has 6 aliphatic rings. The van der Waals surface area contributed by atoms with Crippen molar-refractivity contribution in [1.82, 2.24) is 0 Å². The van der Waals surface area contributed by atoms with E-state index in [0.29, 0.717) is 11.1 Å². The first kappa shape index (κ1) is 23.3. The van der Waals surface area contributed by atoms with Crippen LogP contribution >= 0.6 is 0 Å². The number of aryl methyl sites for hydroxylation is 2. The summed E-state index contributed by atoms with van der Waals surface area (Å²) >= 11 is 0. The predicted octanol–water partition coefficient (Wildman–Crippen LogP) is 1.17. The number of carbonyl (C=O) groups is 3. The molecule has 5 aliphatic carbocycles. The third-order valence-electron chi connectivity index (χ3n) is 10.3. The van der Waals surface area contributed by atoms with Gasteiger partial charge in [0.1, 0.15) is 29.0 Å². The Hall–Kier alpha value is -3.57. The topological polar surface area (TPSA) is 185 Å². The van der Waals surface area contributed by atoms with Gasteiger partial charge < -0.3 is 35.4 Å². The lowest BCUT2D eigenvalue weighted by Crippen LogP contribution is -2.69. The molecule has 2 unspecified atom stereocenters. The van der Waals surface area contributed by atoms with Crippen LogP contribution in [-0.2, 0) is 9.53 Å². The van der Waals surface area contributed by atoms with Crippen LogP contribution in [0.1, 0.15) is 55.5 Å². The summed E-state index contributed by atoms with van der Waals surface area (Å²) in [5.41, 5.74) is -5.56. The summed E-state index contributed by atoms with van der Waals surface area (Å²) in [4.78, 5) is 42.8. The molecule has 4 fully saturated rings. The first-order chi connectivity index (χ1) is 18.4. The predicted molar refractivity (Wildman–Crippen MR) is 130 cm³/mol. The number of allylic oxidation sites excluding steroid dienone is 1. The van der Waals surface area contributed by atoms with E-state index in [9.17, 15) is 45.0 Å². The second-order valence-electron chi connectivity index (χ2n) is 12.0. The minimum Gasteiger partial charge on any atom is -0.508 e. The molecule has 10 nitrogen and oxygen atoms in total. The quantitative estimate of drug-likeness (QED) is 0.269. The maximum Gasteiger partial charge on any atom is 0.198 e. The van der Waals surface area contributed by atoms with E-state index in [1.807, 2.05) is 0 Å². The number of aliphatic hydroxyl groups is 4. The summed E-state index contributed by atoms with van der Waals surface area (Å²) in [5, 5.41) is 67.8. The lowest BCUT2D eigenvalue weighted by molar-refractivity contribution is -0.148. The average molecular weight is 533 g/mol. The summed E-state index contributed by atoms with van der Waals surface area (Å²) < 4.78 is 6.15.